The number of allylic oxidation sites excluding steroid dienone is 2. The minimum Gasteiger partial charge on any atom is -0.466 e. The molecule has 0 rings (SSSR count). The van der Waals surface area contributed by atoms with E-state index in [1.165, 1.54) is 379 Å². The zero-order valence-corrected chi connectivity index (χ0v) is 57.4. The van der Waals surface area contributed by atoms with Gasteiger partial charge in [0.25, 0.3) is 0 Å². The number of esters is 1. The van der Waals surface area contributed by atoms with Crippen LogP contribution in [-0.4, -0.2) is 47.4 Å². The van der Waals surface area contributed by atoms with E-state index in [1.807, 2.05) is 0 Å². The van der Waals surface area contributed by atoms with E-state index in [0.29, 0.717) is 25.9 Å². The zero-order valence-electron chi connectivity index (χ0n) is 57.4. The largest absolute Gasteiger partial charge is 0.466 e. The standard InChI is InChI=1S/C78H153NO5/c1-3-5-7-9-11-13-15-17-19-21-35-39-42-46-50-54-58-62-66-70-76(81)75(74-80)79-77(82)71-67-63-59-55-51-47-43-40-36-33-31-29-27-25-23-22-24-26-28-30-32-34-37-41-45-49-53-57-61-65-69-73-84-78(83)72-68-64-60-56-52-48-44-38-20-18-16-14-12-10-8-6-4-2/h24,26,75-76,80-81H,3-23,25,27-74H2,1-2H3,(H,79,82)/b26-24-. The van der Waals surface area contributed by atoms with Crippen molar-refractivity contribution in [2.75, 3.05) is 13.2 Å². The van der Waals surface area contributed by atoms with Crippen molar-refractivity contribution in [2.24, 2.45) is 0 Å². The molecule has 0 heterocycles. The highest BCUT2D eigenvalue weighted by molar-refractivity contribution is 5.76. The molecule has 2 unspecified atom stereocenters. The molecule has 0 saturated heterocycles. The molecule has 0 spiro atoms. The van der Waals surface area contributed by atoms with E-state index >= 15 is 0 Å². The van der Waals surface area contributed by atoms with Gasteiger partial charge in [0, 0.05) is 12.8 Å². The van der Waals surface area contributed by atoms with E-state index in [2.05, 4.69) is 31.3 Å². The maximum atomic E-state index is 12.5. The van der Waals surface area contributed by atoms with E-state index in [4.69, 9.17) is 4.74 Å². The SMILES string of the molecule is CCCCCCCCCCCCCCCCCCCCCC(O)C(CO)NC(=O)CCCCCCCCCCCCCCCCC/C=C\CCCCCCCCCCCCCCOC(=O)CCCCCCCCCCCCCCCCCCC. The van der Waals surface area contributed by atoms with Crippen molar-refractivity contribution in [1.29, 1.82) is 0 Å². The molecule has 0 aliphatic heterocycles. The monoisotopic (exact) mass is 1180 g/mol. The van der Waals surface area contributed by atoms with Gasteiger partial charge in [-0.15, -0.1) is 0 Å². The summed E-state index contributed by atoms with van der Waals surface area (Å²) in [4.78, 5) is 24.7. The molecule has 0 aromatic heterocycles. The third kappa shape index (κ3) is 69.7. The molecule has 0 bridgehead atoms. The number of rotatable bonds is 74. The summed E-state index contributed by atoms with van der Waals surface area (Å²) in [5, 5.41) is 23.4. The molecule has 500 valence electrons. The fourth-order valence-electron chi connectivity index (χ4n) is 12.6. The predicted molar refractivity (Wildman–Crippen MR) is 370 cm³/mol. The molecule has 6 heteroatoms. The van der Waals surface area contributed by atoms with Crippen LogP contribution in [0.15, 0.2) is 12.2 Å². The van der Waals surface area contributed by atoms with Gasteiger partial charge in [-0.05, 0) is 51.4 Å². The number of amides is 1. The summed E-state index contributed by atoms with van der Waals surface area (Å²) in [6.45, 7) is 5.01. The number of ether oxygens (including phenoxy) is 1. The topological polar surface area (TPSA) is 95.9 Å². The van der Waals surface area contributed by atoms with Crippen LogP contribution in [0.2, 0.25) is 0 Å². The van der Waals surface area contributed by atoms with E-state index in [0.717, 1.165) is 38.5 Å². The molecule has 0 aliphatic rings. The van der Waals surface area contributed by atoms with Crippen molar-refractivity contribution < 1.29 is 24.5 Å². The van der Waals surface area contributed by atoms with Crippen LogP contribution in [0.5, 0.6) is 0 Å². The van der Waals surface area contributed by atoms with Gasteiger partial charge in [0.2, 0.25) is 5.91 Å². The molecule has 0 radical (unpaired) electrons. The number of carbonyl (C=O) groups is 2. The molecular formula is C78H153NO5. The maximum absolute atomic E-state index is 12.5. The molecule has 2 atom stereocenters. The van der Waals surface area contributed by atoms with Crippen LogP contribution >= 0.6 is 0 Å². The minimum atomic E-state index is -0.663. The third-order valence-electron chi connectivity index (χ3n) is 18.6. The Labute approximate surface area is 527 Å². The molecule has 1 amide bonds. The van der Waals surface area contributed by atoms with Crippen LogP contribution in [0.3, 0.4) is 0 Å². The van der Waals surface area contributed by atoms with Crippen LogP contribution < -0.4 is 5.32 Å². The normalized spacial score (nSPS) is 12.5. The summed E-state index contributed by atoms with van der Waals surface area (Å²) in [6.07, 6.45) is 92.9. The first-order valence-corrected chi connectivity index (χ1v) is 38.9. The lowest BCUT2D eigenvalue weighted by Gasteiger charge is -2.22. The van der Waals surface area contributed by atoms with Crippen molar-refractivity contribution in [1.82, 2.24) is 5.32 Å². The first-order chi connectivity index (χ1) is 41.5. The zero-order chi connectivity index (χ0) is 60.6. The number of aliphatic hydroxyl groups excluding tert-OH is 2. The first-order valence-electron chi connectivity index (χ1n) is 38.9. The molecule has 0 aromatic carbocycles. The van der Waals surface area contributed by atoms with Gasteiger partial charge in [-0.25, -0.2) is 0 Å². The summed E-state index contributed by atoms with van der Waals surface area (Å²) in [5.74, 6) is -0.00487. The van der Waals surface area contributed by atoms with Gasteiger partial charge < -0.3 is 20.3 Å². The lowest BCUT2D eigenvalue weighted by atomic mass is 10.0. The Morgan fingerprint density at radius 2 is 0.560 bits per heavy atom. The van der Waals surface area contributed by atoms with Crippen LogP contribution in [0.4, 0.5) is 0 Å². The van der Waals surface area contributed by atoms with E-state index in [1.54, 1.807) is 0 Å². The van der Waals surface area contributed by atoms with E-state index in [9.17, 15) is 19.8 Å². The van der Waals surface area contributed by atoms with Crippen molar-refractivity contribution in [3.63, 3.8) is 0 Å². The molecule has 0 aromatic rings. The second kappa shape index (κ2) is 74.1. The van der Waals surface area contributed by atoms with Gasteiger partial charge in [-0.1, -0.05) is 398 Å². The van der Waals surface area contributed by atoms with Gasteiger partial charge >= 0.3 is 5.97 Å². The summed E-state index contributed by atoms with van der Waals surface area (Å²) in [5.41, 5.74) is 0. The molecule has 0 saturated carbocycles. The van der Waals surface area contributed by atoms with Crippen molar-refractivity contribution >= 4 is 11.9 Å². The van der Waals surface area contributed by atoms with Crippen molar-refractivity contribution in [2.45, 2.75) is 463 Å². The van der Waals surface area contributed by atoms with Crippen LogP contribution in [-0.2, 0) is 14.3 Å². The summed E-state index contributed by atoms with van der Waals surface area (Å²) in [6, 6.07) is -0.540. The Morgan fingerprint density at radius 3 is 0.845 bits per heavy atom. The van der Waals surface area contributed by atoms with Crippen molar-refractivity contribution in [3.05, 3.63) is 12.2 Å². The number of carbonyl (C=O) groups excluding carboxylic acids is 2. The number of unbranched alkanes of at least 4 members (excludes halogenated alkanes) is 61. The lowest BCUT2D eigenvalue weighted by Crippen LogP contribution is -2.45. The number of aliphatic hydroxyl groups is 2. The Morgan fingerprint density at radius 1 is 0.321 bits per heavy atom. The second-order valence-electron chi connectivity index (χ2n) is 27.0. The van der Waals surface area contributed by atoms with Gasteiger partial charge in [-0.2, -0.15) is 0 Å². The van der Waals surface area contributed by atoms with Gasteiger partial charge in [0.1, 0.15) is 0 Å². The average molecular weight is 1190 g/mol. The first kappa shape index (κ1) is 82.6. The minimum absolute atomic E-state index is 0.0229. The highest BCUT2D eigenvalue weighted by Gasteiger charge is 2.20. The third-order valence-corrected chi connectivity index (χ3v) is 18.6. The quantitative estimate of drug-likeness (QED) is 0.0320. The Bertz CT molecular complexity index is 1270. The smallest absolute Gasteiger partial charge is 0.305 e. The maximum Gasteiger partial charge on any atom is 0.305 e. The van der Waals surface area contributed by atoms with E-state index < -0.39 is 12.1 Å². The fourth-order valence-corrected chi connectivity index (χ4v) is 12.6. The molecular weight excluding hydrogens is 1030 g/mol. The summed E-state index contributed by atoms with van der Waals surface area (Å²) in [7, 11) is 0. The number of hydrogen-bond donors (Lipinski definition) is 3. The number of hydrogen-bond acceptors (Lipinski definition) is 5. The van der Waals surface area contributed by atoms with Crippen molar-refractivity contribution in [3.8, 4) is 0 Å². The Balaban J connectivity index is 3.34. The molecule has 0 fully saturated rings. The molecule has 84 heavy (non-hydrogen) atoms. The summed E-state index contributed by atoms with van der Waals surface area (Å²) < 4.78 is 5.51. The van der Waals surface area contributed by atoms with Gasteiger partial charge in [0.15, 0.2) is 0 Å². The predicted octanol–water partition coefficient (Wildman–Crippen LogP) is 25.5. The molecule has 6 nitrogen and oxygen atoms in total. The van der Waals surface area contributed by atoms with Gasteiger partial charge in [0.05, 0.1) is 25.4 Å². The highest BCUT2D eigenvalue weighted by atomic mass is 16.5. The van der Waals surface area contributed by atoms with Crippen LogP contribution in [0.25, 0.3) is 0 Å². The van der Waals surface area contributed by atoms with Crippen LogP contribution in [0.1, 0.15) is 450 Å². The molecule has 0 aliphatic carbocycles. The second-order valence-corrected chi connectivity index (χ2v) is 27.0. The number of nitrogens with one attached hydrogen (secondary N) is 1. The highest BCUT2D eigenvalue weighted by Crippen LogP contribution is 2.20. The van der Waals surface area contributed by atoms with Gasteiger partial charge in [-0.3, -0.25) is 9.59 Å². The Hall–Kier alpha value is -1.40. The average Bonchev–Trinajstić information content (AvgIpc) is 3.52. The molecule has 3 N–H and O–H groups in total. The fraction of sp³-hybridized carbons (Fsp3) is 0.949. The summed E-state index contributed by atoms with van der Waals surface area (Å²) >= 11 is 0. The Kier molecular flexibility index (Phi) is 72.8. The van der Waals surface area contributed by atoms with E-state index in [-0.39, 0.29) is 18.5 Å². The lowest BCUT2D eigenvalue weighted by molar-refractivity contribution is -0.143. The van der Waals surface area contributed by atoms with Crippen LogP contribution in [0, 0.1) is 0 Å².